The lowest BCUT2D eigenvalue weighted by Gasteiger charge is -2.11. The van der Waals surface area contributed by atoms with Crippen LogP contribution in [0.1, 0.15) is 71.1 Å². The van der Waals surface area contributed by atoms with E-state index in [1.54, 1.807) is 7.11 Å². The zero-order valence-electron chi connectivity index (χ0n) is 11.0. The molecule has 1 unspecified atom stereocenters. The van der Waals surface area contributed by atoms with Crippen LogP contribution in [-0.2, 0) is 9.53 Å². The summed E-state index contributed by atoms with van der Waals surface area (Å²) in [6.45, 7) is 2.25. The number of unbranched alkanes of at least 4 members (excludes halogenated alkanes) is 7. The Hall–Kier alpha value is -0.370. The van der Waals surface area contributed by atoms with Gasteiger partial charge in [0.1, 0.15) is 6.29 Å². The third-order valence-electron chi connectivity index (χ3n) is 3.07. The topological polar surface area (TPSA) is 26.3 Å². The minimum atomic E-state index is 0.151. The second-order valence-electron chi connectivity index (χ2n) is 4.52. The van der Waals surface area contributed by atoms with Crippen LogP contribution < -0.4 is 0 Å². The van der Waals surface area contributed by atoms with Gasteiger partial charge in [-0.05, 0) is 6.42 Å². The van der Waals surface area contributed by atoms with Crippen LogP contribution in [0, 0.1) is 0 Å². The van der Waals surface area contributed by atoms with Crippen molar-refractivity contribution in [2.75, 3.05) is 7.11 Å². The molecular weight excluding hydrogens is 200 g/mol. The average molecular weight is 228 g/mol. The number of methoxy groups -OCH3 is 1. The number of carbonyl (C=O) groups is 1. The van der Waals surface area contributed by atoms with Crippen molar-refractivity contribution in [1.29, 1.82) is 0 Å². The molecule has 1 atom stereocenters. The van der Waals surface area contributed by atoms with E-state index in [1.807, 2.05) is 0 Å². The molecule has 0 bridgehead atoms. The molecular formula is C14H28O2. The van der Waals surface area contributed by atoms with E-state index < -0.39 is 0 Å². The van der Waals surface area contributed by atoms with Gasteiger partial charge in [-0.1, -0.05) is 58.3 Å². The first-order valence-electron chi connectivity index (χ1n) is 6.81. The zero-order valence-corrected chi connectivity index (χ0v) is 11.0. The summed E-state index contributed by atoms with van der Waals surface area (Å²) in [5, 5.41) is 0. The SMILES string of the molecule is CCCCCCCCCCC(CC=O)OC. The Bertz CT molecular complexity index is 146. The van der Waals surface area contributed by atoms with Gasteiger partial charge < -0.3 is 9.53 Å². The van der Waals surface area contributed by atoms with Crippen molar-refractivity contribution >= 4 is 6.29 Å². The van der Waals surface area contributed by atoms with Gasteiger partial charge in [-0.15, -0.1) is 0 Å². The van der Waals surface area contributed by atoms with Crippen molar-refractivity contribution in [1.82, 2.24) is 0 Å². The molecule has 0 saturated heterocycles. The maximum absolute atomic E-state index is 10.3. The molecule has 0 N–H and O–H groups in total. The fourth-order valence-corrected chi connectivity index (χ4v) is 1.95. The van der Waals surface area contributed by atoms with Crippen molar-refractivity contribution in [2.24, 2.45) is 0 Å². The molecule has 0 aliphatic carbocycles. The standard InChI is InChI=1S/C14H28O2/c1-3-4-5-6-7-8-9-10-11-14(16-2)12-13-15/h13-14H,3-12H2,1-2H3. The number of hydrogen-bond acceptors (Lipinski definition) is 2. The van der Waals surface area contributed by atoms with E-state index in [2.05, 4.69) is 6.92 Å². The molecule has 0 aromatic rings. The lowest BCUT2D eigenvalue weighted by Crippen LogP contribution is -2.10. The van der Waals surface area contributed by atoms with Crippen molar-refractivity contribution in [3.63, 3.8) is 0 Å². The van der Waals surface area contributed by atoms with Crippen molar-refractivity contribution in [2.45, 2.75) is 77.2 Å². The smallest absolute Gasteiger partial charge is 0.122 e. The van der Waals surface area contributed by atoms with Crippen LogP contribution in [-0.4, -0.2) is 19.5 Å². The third-order valence-corrected chi connectivity index (χ3v) is 3.07. The molecule has 0 rings (SSSR count). The van der Waals surface area contributed by atoms with E-state index >= 15 is 0 Å². The van der Waals surface area contributed by atoms with Gasteiger partial charge in [0.2, 0.25) is 0 Å². The molecule has 0 amide bonds. The van der Waals surface area contributed by atoms with E-state index in [0.29, 0.717) is 6.42 Å². The molecule has 0 aromatic carbocycles. The highest BCUT2D eigenvalue weighted by molar-refractivity contribution is 5.50. The number of carbonyl (C=O) groups excluding carboxylic acids is 1. The van der Waals surface area contributed by atoms with Gasteiger partial charge in [-0.2, -0.15) is 0 Å². The quantitative estimate of drug-likeness (QED) is 0.371. The van der Waals surface area contributed by atoms with Gasteiger partial charge in [0.25, 0.3) is 0 Å². The highest BCUT2D eigenvalue weighted by Crippen LogP contribution is 2.12. The first kappa shape index (κ1) is 15.6. The van der Waals surface area contributed by atoms with Crippen LogP contribution in [0.25, 0.3) is 0 Å². The summed E-state index contributed by atoms with van der Waals surface area (Å²) in [6, 6.07) is 0. The third kappa shape index (κ3) is 10.2. The monoisotopic (exact) mass is 228 g/mol. The van der Waals surface area contributed by atoms with Gasteiger partial charge in [-0.3, -0.25) is 0 Å². The minimum absolute atomic E-state index is 0.151. The summed E-state index contributed by atoms with van der Waals surface area (Å²) in [6.07, 6.45) is 13.3. The normalized spacial score (nSPS) is 12.6. The predicted octanol–water partition coefficient (Wildman–Crippen LogP) is 4.12. The molecule has 0 aromatic heterocycles. The Labute approximate surface area is 101 Å². The molecule has 96 valence electrons. The van der Waals surface area contributed by atoms with Crippen molar-refractivity contribution < 1.29 is 9.53 Å². The highest BCUT2D eigenvalue weighted by Gasteiger charge is 2.05. The number of aldehydes is 1. The Balaban J connectivity index is 3.15. The molecule has 0 saturated carbocycles. The van der Waals surface area contributed by atoms with Gasteiger partial charge in [0, 0.05) is 13.5 Å². The molecule has 0 fully saturated rings. The number of hydrogen-bond donors (Lipinski definition) is 0. The van der Waals surface area contributed by atoms with Crippen LogP contribution in [0.5, 0.6) is 0 Å². The lowest BCUT2D eigenvalue weighted by atomic mass is 10.0. The maximum atomic E-state index is 10.3. The molecule has 0 radical (unpaired) electrons. The largest absolute Gasteiger partial charge is 0.381 e. The number of rotatable bonds is 12. The average Bonchev–Trinajstić information content (AvgIpc) is 2.31. The predicted molar refractivity (Wildman–Crippen MR) is 68.7 cm³/mol. The molecule has 2 nitrogen and oxygen atoms in total. The van der Waals surface area contributed by atoms with E-state index in [1.165, 1.54) is 51.4 Å². The summed E-state index contributed by atoms with van der Waals surface area (Å²) in [7, 11) is 1.69. The van der Waals surface area contributed by atoms with Gasteiger partial charge in [0.05, 0.1) is 6.10 Å². The van der Waals surface area contributed by atoms with Crippen LogP contribution >= 0.6 is 0 Å². The van der Waals surface area contributed by atoms with Crippen molar-refractivity contribution in [3.8, 4) is 0 Å². The molecule has 2 heteroatoms. The Morgan fingerprint density at radius 2 is 1.56 bits per heavy atom. The maximum Gasteiger partial charge on any atom is 0.122 e. The summed E-state index contributed by atoms with van der Waals surface area (Å²) in [5.74, 6) is 0. The summed E-state index contributed by atoms with van der Waals surface area (Å²) < 4.78 is 5.22. The van der Waals surface area contributed by atoms with E-state index in [-0.39, 0.29) is 6.10 Å². The lowest BCUT2D eigenvalue weighted by molar-refractivity contribution is -0.110. The van der Waals surface area contributed by atoms with Crippen LogP contribution in [0.2, 0.25) is 0 Å². The fraction of sp³-hybridized carbons (Fsp3) is 0.929. The zero-order chi connectivity index (χ0) is 12.1. The first-order chi connectivity index (χ1) is 7.85. The van der Waals surface area contributed by atoms with E-state index in [4.69, 9.17) is 4.74 Å². The van der Waals surface area contributed by atoms with Crippen LogP contribution in [0.15, 0.2) is 0 Å². The van der Waals surface area contributed by atoms with Crippen molar-refractivity contribution in [3.05, 3.63) is 0 Å². The highest BCUT2D eigenvalue weighted by atomic mass is 16.5. The summed E-state index contributed by atoms with van der Waals surface area (Å²) >= 11 is 0. The minimum Gasteiger partial charge on any atom is -0.381 e. The summed E-state index contributed by atoms with van der Waals surface area (Å²) in [5.41, 5.74) is 0. The molecule has 0 aliphatic heterocycles. The fourth-order valence-electron chi connectivity index (χ4n) is 1.95. The Kier molecular flexibility index (Phi) is 12.4. The molecule has 0 aliphatic rings. The molecule has 0 heterocycles. The first-order valence-corrected chi connectivity index (χ1v) is 6.81. The molecule has 16 heavy (non-hydrogen) atoms. The number of ether oxygens (including phenoxy) is 1. The summed E-state index contributed by atoms with van der Waals surface area (Å²) in [4.78, 5) is 10.3. The van der Waals surface area contributed by atoms with Gasteiger partial charge in [-0.25, -0.2) is 0 Å². The van der Waals surface area contributed by atoms with E-state index in [0.717, 1.165) is 12.7 Å². The van der Waals surface area contributed by atoms with Crippen LogP contribution in [0.4, 0.5) is 0 Å². The second-order valence-corrected chi connectivity index (χ2v) is 4.52. The Morgan fingerprint density at radius 1 is 1.00 bits per heavy atom. The second kappa shape index (κ2) is 12.7. The van der Waals surface area contributed by atoms with E-state index in [9.17, 15) is 4.79 Å². The Morgan fingerprint density at radius 3 is 2.06 bits per heavy atom. The van der Waals surface area contributed by atoms with Crippen LogP contribution in [0.3, 0.4) is 0 Å². The van der Waals surface area contributed by atoms with Gasteiger partial charge >= 0.3 is 0 Å². The van der Waals surface area contributed by atoms with Gasteiger partial charge in [0.15, 0.2) is 0 Å². The molecule has 0 spiro atoms.